The molecule has 1 aromatic heterocycles. The number of carbonyl (C=O) groups excluding carboxylic acids is 1. The Bertz CT molecular complexity index is 885. The van der Waals surface area contributed by atoms with E-state index in [1.54, 1.807) is 12.1 Å². The number of rotatable bonds is 4. The lowest BCUT2D eigenvalue weighted by Crippen LogP contribution is -2.24. The zero-order valence-electron chi connectivity index (χ0n) is 12.9. The van der Waals surface area contributed by atoms with Crippen molar-refractivity contribution in [3.8, 4) is 6.07 Å². The minimum atomic E-state index is -0.0118. The Balaban J connectivity index is 1.66. The van der Waals surface area contributed by atoms with Crippen molar-refractivity contribution in [1.82, 2.24) is 10.3 Å². The highest BCUT2D eigenvalue weighted by molar-refractivity contribution is 5.90. The van der Waals surface area contributed by atoms with E-state index in [4.69, 9.17) is 5.26 Å². The summed E-state index contributed by atoms with van der Waals surface area (Å²) in [5, 5.41) is 12.8. The summed E-state index contributed by atoms with van der Waals surface area (Å²) < 4.78 is 0. The summed E-state index contributed by atoms with van der Waals surface area (Å²) in [5.41, 5.74) is 4.72. The van der Waals surface area contributed by atoms with E-state index in [9.17, 15) is 4.79 Å². The van der Waals surface area contributed by atoms with Gasteiger partial charge in [-0.25, -0.2) is 0 Å². The van der Waals surface area contributed by atoms with Crippen LogP contribution in [0.2, 0.25) is 0 Å². The van der Waals surface area contributed by atoms with Crippen molar-refractivity contribution in [2.45, 2.75) is 19.9 Å². The van der Waals surface area contributed by atoms with Crippen LogP contribution >= 0.6 is 0 Å². The van der Waals surface area contributed by atoms with Crippen LogP contribution in [-0.4, -0.2) is 10.9 Å². The molecule has 0 saturated heterocycles. The molecule has 0 aliphatic carbocycles. The highest BCUT2D eigenvalue weighted by atomic mass is 16.1. The van der Waals surface area contributed by atoms with Crippen LogP contribution in [0.5, 0.6) is 0 Å². The lowest BCUT2D eigenvalue weighted by Gasteiger charge is -2.06. The van der Waals surface area contributed by atoms with Crippen molar-refractivity contribution >= 4 is 16.8 Å². The topological polar surface area (TPSA) is 68.7 Å². The molecule has 4 nitrogen and oxygen atoms in total. The fourth-order valence-corrected chi connectivity index (χ4v) is 2.68. The van der Waals surface area contributed by atoms with Gasteiger partial charge in [0.15, 0.2) is 0 Å². The summed E-state index contributed by atoms with van der Waals surface area (Å²) in [7, 11) is 0. The monoisotopic (exact) mass is 303 g/mol. The third-order valence-electron chi connectivity index (χ3n) is 3.94. The van der Waals surface area contributed by atoms with Crippen molar-refractivity contribution in [3.05, 3.63) is 70.9 Å². The second kappa shape index (κ2) is 6.37. The number of nitrogens with zero attached hydrogens (tertiary/aromatic N) is 1. The summed E-state index contributed by atoms with van der Waals surface area (Å²) >= 11 is 0. The van der Waals surface area contributed by atoms with Gasteiger partial charge in [-0.05, 0) is 36.2 Å². The molecule has 3 aromatic rings. The molecular weight excluding hydrogens is 286 g/mol. The van der Waals surface area contributed by atoms with Crippen molar-refractivity contribution in [3.63, 3.8) is 0 Å². The van der Waals surface area contributed by atoms with Crippen LogP contribution in [0.15, 0.2) is 48.5 Å². The lowest BCUT2D eigenvalue weighted by molar-refractivity contribution is -0.120. The second-order valence-corrected chi connectivity index (χ2v) is 5.54. The minimum Gasteiger partial charge on any atom is -0.358 e. The third-order valence-corrected chi connectivity index (χ3v) is 3.94. The number of fused-ring (bicyclic) bond motifs is 1. The molecule has 0 unspecified atom stereocenters. The van der Waals surface area contributed by atoms with Gasteiger partial charge in [-0.2, -0.15) is 5.26 Å². The van der Waals surface area contributed by atoms with Crippen LogP contribution in [0.25, 0.3) is 10.9 Å². The molecule has 114 valence electrons. The third kappa shape index (κ3) is 3.24. The fourth-order valence-electron chi connectivity index (χ4n) is 2.68. The normalized spacial score (nSPS) is 10.4. The fraction of sp³-hybridized carbons (Fsp3) is 0.158. The average molecular weight is 303 g/mol. The molecule has 23 heavy (non-hydrogen) atoms. The molecule has 0 aliphatic rings. The Morgan fingerprint density at radius 1 is 1.17 bits per heavy atom. The van der Waals surface area contributed by atoms with Gasteiger partial charge in [-0.15, -0.1) is 0 Å². The quantitative estimate of drug-likeness (QED) is 0.777. The maximum Gasteiger partial charge on any atom is 0.224 e. The molecule has 2 N–H and O–H groups in total. The summed E-state index contributed by atoms with van der Waals surface area (Å²) in [4.78, 5) is 15.5. The molecule has 0 radical (unpaired) electrons. The lowest BCUT2D eigenvalue weighted by atomic mass is 10.1. The van der Waals surface area contributed by atoms with Crippen LogP contribution in [0, 0.1) is 18.3 Å². The molecule has 0 bridgehead atoms. The first-order chi connectivity index (χ1) is 11.2. The van der Waals surface area contributed by atoms with Crippen LogP contribution in [0.1, 0.15) is 22.4 Å². The molecule has 0 aliphatic heterocycles. The summed E-state index contributed by atoms with van der Waals surface area (Å²) in [6.45, 7) is 2.45. The molecule has 2 aromatic carbocycles. The number of benzene rings is 2. The van der Waals surface area contributed by atoms with E-state index < -0.39 is 0 Å². The first kappa shape index (κ1) is 14.9. The number of hydrogen-bond acceptors (Lipinski definition) is 2. The maximum atomic E-state index is 12.2. The first-order valence-electron chi connectivity index (χ1n) is 7.49. The summed E-state index contributed by atoms with van der Waals surface area (Å²) in [6, 6.07) is 17.3. The number of aromatic nitrogens is 1. The average Bonchev–Trinajstić information content (AvgIpc) is 2.89. The van der Waals surface area contributed by atoms with Gasteiger partial charge in [0.1, 0.15) is 0 Å². The van der Waals surface area contributed by atoms with Crippen LogP contribution in [0.4, 0.5) is 0 Å². The van der Waals surface area contributed by atoms with Gasteiger partial charge in [0, 0.05) is 23.1 Å². The Morgan fingerprint density at radius 3 is 2.65 bits per heavy atom. The number of hydrogen-bond donors (Lipinski definition) is 2. The number of amides is 1. The van der Waals surface area contributed by atoms with Gasteiger partial charge >= 0.3 is 0 Å². The second-order valence-electron chi connectivity index (χ2n) is 5.54. The number of H-pyrrole nitrogens is 1. The Hall–Kier alpha value is -3.06. The predicted molar refractivity (Wildman–Crippen MR) is 89.7 cm³/mol. The summed E-state index contributed by atoms with van der Waals surface area (Å²) in [6.07, 6.45) is 0.353. The molecule has 0 saturated carbocycles. The van der Waals surface area contributed by atoms with Crippen molar-refractivity contribution in [2.75, 3.05) is 0 Å². The van der Waals surface area contributed by atoms with E-state index in [1.165, 1.54) is 0 Å². The van der Waals surface area contributed by atoms with Gasteiger partial charge in [-0.1, -0.05) is 30.3 Å². The van der Waals surface area contributed by atoms with E-state index in [-0.39, 0.29) is 5.91 Å². The number of nitriles is 1. The smallest absolute Gasteiger partial charge is 0.224 e. The van der Waals surface area contributed by atoms with Crippen molar-refractivity contribution in [2.24, 2.45) is 0 Å². The number of para-hydroxylation sites is 1. The Labute approximate surface area is 134 Å². The van der Waals surface area contributed by atoms with Crippen LogP contribution < -0.4 is 5.32 Å². The molecule has 0 spiro atoms. The largest absolute Gasteiger partial charge is 0.358 e. The predicted octanol–water partition coefficient (Wildman–Crippen LogP) is 3.21. The highest BCUT2D eigenvalue weighted by Crippen LogP contribution is 2.22. The number of aryl methyl sites for hydroxylation is 1. The van der Waals surface area contributed by atoms with Gasteiger partial charge in [0.25, 0.3) is 0 Å². The number of carbonyl (C=O) groups is 1. The molecule has 0 atom stereocenters. The van der Waals surface area contributed by atoms with Crippen LogP contribution in [0.3, 0.4) is 0 Å². The zero-order valence-corrected chi connectivity index (χ0v) is 12.9. The van der Waals surface area contributed by atoms with E-state index in [1.807, 2.05) is 43.3 Å². The molecule has 3 rings (SSSR count). The zero-order chi connectivity index (χ0) is 16.2. The van der Waals surface area contributed by atoms with Gasteiger partial charge < -0.3 is 10.3 Å². The Morgan fingerprint density at radius 2 is 1.91 bits per heavy atom. The molecule has 1 amide bonds. The maximum absolute atomic E-state index is 12.2. The van der Waals surface area contributed by atoms with Gasteiger partial charge in [0.05, 0.1) is 18.1 Å². The van der Waals surface area contributed by atoms with Crippen LogP contribution in [-0.2, 0) is 17.8 Å². The molecule has 0 fully saturated rings. The van der Waals surface area contributed by atoms with Crippen molar-refractivity contribution < 1.29 is 4.79 Å². The molecular formula is C19H17N3O. The SMILES string of the molecule is Cc1[nH]c2ccccc2c1CC(=O)NCc1ccc(C#N)cc1. The molecule has 4 heteroatoms. The highest BCUT2D eigenvalue weighted by Gasteiger charge is 2.11. The first-order valence-corrected chi connectivity index (χ1v) is 7.49. The van der Waals surface area contributed by atoms with Gasteiger partial charge in [0.2, 0.25) is 5.91 Å². The minimum absolute atomic E-state index is 0.0118. The van der Waals surface area contributed by atoms with Gasteiger partial charge in [-0.3, -0.25) is 4.79 Å². The molecule has 1 heterocycles. The number of aromatic amines is 1. The van der Waals surface area contributed by atoms with E-state index >= 15 is 0 Å². The summed E-state index contributed by atoms with van der Waals surface area (Å²) in [5.74, 6) is -0.0118. The van der Waals surface area contributed by atoms with E-state index in [0.29, 0.717) is 18.5 Å². The van der Waals surface area contributed by atoms with E-state index in [0.717, 1.165) is 27.7 Å². The van der Waals surface area contributed by atoms with E-state index in [2.05, 4.69) is 16.4 Å². The number of nitrogens with one attached hydrogen (secondary N) is 2. The standard InChI is InChI=1S/C19H17N3O/c1-13-17(16-4-2-3-5-18(16)22-13)10-19(23)21-12-15-8-6-14(11-20)7-9-15/h2-9,22H,10,12H2,1H3,(H,21,23). The van der Waals surface area contributed by atoms with Crippen molar-refractivity contribution in [1.29, 1.82) is 5.26 Å². The Kier molecular flexibility index (Phi) is 4.11.